The van der Waals surface area contributed by atoms with E-state index in [4.69, 9.17) is 21.4 Å². The van der Waals surface area contributed by atoms with Crippen LogP contribution in [0.4, 0.5) is 4.39 Å². The second-order valence-corrected chi connectivity index (χ2v) is 5.48. The second-order valence-electron chi connectivity index (χ2n) is 5.07. The molecule has 0 fully saturated rings. The molecular weight excluding hydrogens is 271 g/mol. The maximum absolute atomic E-state index is 12.8. The van der Waals surface area contributed by atoms with Gasteiger partial charge in [-0.1, -0.05) is 11.6 Å². The van der Waals surface area contributed by atoms with E-state index in [2.05, 4.69) is 0 Å². The van der Waals surface area contributed by atoms with Gasteiger partial charge in [0.15, 0.2) is 0 Å². The molecule has 1 N–H and O–H groups in total. The molecule has 5 heteroatoms. The van der Waals surface area contributed by atoms with Gasteiger partial charge in [-0.05, 0) is 51.3 Å². The van der Waals surface area contributed by atoms with Gasteiger partial charge in [0.25, 0.3) is 0 Å². The number of hydrogen-bond acceptors (Lipinski definition) is 2. The minimum atomic E-state index is -0.796. The van der Waals surface area contributed by atoms with Crippen LogP contribution in [0.5, 0.6) is 5.75 Å². The summed E-state index contributed by atoms with van der Waals surface area (Å²) < 4.78 is 18.2. The van der Waals surface area contributed by atoms with Crippen LogP contribution in [0.15, 0.2) is 18.2 Å². The third-order valence-corrected chi connectivity index (χ3v) is 3.22. The molecule has 0 atom stereocenters. The Balaban J connectivity index is 2.30. The van der Waals surface area contributed by atoms with Crippen molar-refractivity contribution in [3.8, 4) is 5.75 Å². The van der Waals surface area contributed by atoms with Crippen LogP contribution in [-0.2, 0) is 4.79 Å². The van der Waals surface area contributed by atoms with Crippen LogP contribution in [0, 0.1) is 11.2 Å². The van der Waals surface area contributed by atoms with Gasteiger partial charge in [-0.3, -0.25) is 4.79 Å². The SMILES string of the molecule is CC(C)(CCCCOc1ccc(F)cc1Cl)C(=O)O. The average molecular weight is 289 g/mol. The van der Waals surface area contributed by atoms with Gasteiger partial charge in [-0.25, -0.2) is 4.39 Å². The Morgan fingerprint density at radius 2 is 2.11 bits per heavy atom. The first-order chi connectivity index (χ1) is 8.83. The summed E-state index contributed by atoms with van der Waals surface area (Å²) in [6.45, 7) is 3.83. The van der Waals surface area contributed by atoms with Gasteiger partial charge >= 0.3 is 5.97 Å². The number of carboxylic acid groups (broad SMARTS) is 1. The van der Waals surface area contributed by atoms with E-state index in [0.29, 0.717) is 18.8 Å². The minimum Gasteiger partial charge on any atom is -0.492 e. The number of ether oxygens (including phenoxy) is 1. The number of hydrogen-bond donors (Lipinski definition) is 1. The lowest BCUT2D eigenvalue weighted by Crippen LogP contribution is -2.23. The molecule has 0 bridgehead atoms. The molecule has 0 spiro atoms. The fraction of sp³-hybridized carbons (Fsp3) is 0.500. The molecule has 0 aliphatic rings. The molecule has 19 heavy (non-hydrogen) atoms. The molecule has 106 valence electrons. The third kappa shape index (κ3) is 5.07. The summed E-state index contributed by atoms with van der Waals surface area (Å²) in [7, 11) is 0. The van der Waals surface area contributed by atoms with Crippen LogP contribution in [-0.4, -0.2) is 17.7 Å². The Hall–Kier alpha value is -1.29. The maximum atomic E-state index is 12.8. The molecule has 0 unspecified atom stereocenters. The van der Waals surface area contributed by atoms with Crippen LogP contribution in [0.25, 0.3) is 0 Å². The molecule has 0 saturated heterocycles. The molecule has 0 amide bonds. The molecule has 0 aromatic heterocycles. The van der Waals surface area contributed by atoms with Gasteiger partial charge in [-0.15, -0.1) is 0 Å². The summed E-state index contributed by atoms with van der Waals surface area (Å²) in [5, 5.41) is 9.20. The zero-order valence-corrected chi connectivity index (χ0v) is 11.8. The molecule has 0 aliphatic carbocycles. The van der Waals surface area contributed by atoms with Gasteiger partial charge in [0.2, 0.25) is 0 Å². The van der Waals surface area contributed by atoms with Gasteiger partial charge in [-0.2, -0.15) is 0 Å². The highest BCUT2D eigenvalue weighted by Crippen LogP contribution is 2.26. The van der Waals surface area contributed by atoms with Gasteiger partial charge in [0.05, 0.1) is 17.0 Å². The summed E-state index contributed by atoms with van der Waals surface area (Å²) >= 11 is 5.81. The topological polar surface area (TPSA) is 46.5 Å². The molecule has 0 aliphatic heterocycles. The predicted octanol–water partition coefficient (Wildman–Crippen LogP) is 4.14. The highest BCUT2D eigenvalue weighted by atomic mass is 35.5. The molecular formula is C14H18ClFO3. The number of carboxylic acids is 1. The first kappa shape index (κ1) is 15.8. The third-order valence-electron chi connectivity index (χ3n) is 2.93. The van der Waals surface area contributed by atoms with Crippen molar-refractivity contribution in [1.82, 2.24) is 0 Å². The lowest BCUT2D eigenvalue weighted by Gasteiger charge is -2.18. The first-order valence-electron chi connectivity index (χ1n) is 6.14. The summed E-state index contributed by atoms with van der Waals surface area (Å²) in [6.07, 6.45) is 2.06. The summed E-state index contributed by atoms with van der Waals surface area (Å²) in [6, 6.07) is 3.97. The number of benzene rings is 1. The number of aliphatic carboxylic acids is 1. The van der Waals surface area contributed by atoms with Crippen molar-refractivity contribution < 1.29 is 19.0 Å². The Labute approximate surface area is 117 Å². The van der Waals surface area contributed by atoms with Crippen molar-refractivity contribution in [3.63, 3.8) is 0 Å². The number of carbonyl (C=O) groups is 1. The van der Waals surface area contributed by atoms with E-state index < -0.39 is 17.2 Å². The Morgan fingerprint density at radius 1 is 1.42 bits per heavy atom. The number of halogens is 2. The second kappa shape index (κ2) is 6.75. The molecule has 1 aromatic carbocycles. The molecule has 1 aromatic rings. The smallest absolute Gasteiger partial charge is 0.309 e. The standard InChI is InChI=1S/C14H18ClFO3/c1-14(2,13(17)18)7-3-4-8-19-12-6-5-10(16)9-11(12)15/h5-6,9H,3-4,7-8H2,1-2H3,(H,17,18). The van der Waals surface area contributed by atoms with Crippen LogP contribution < -0.4 is 4.74 Å². The first-order valence-corrected chi connectivity index (χ1v) is 6.52. The van der Waals surface area contributed by atoms with Crippen LogP contribution >= 0.6 is 11.6 Å². The molecule has 0 heterocycles. The maximum Gasteiger partial charge on any atom is 0.309 e. The fourth-order valence-corrected chi connectivity index (χ4v) is 1.77. The highest BCUT2D eigenvalue weighted by molar-refractivity contribution is 6.32. The van der Waals surface area contributed by atoms with Crippen molar-refractivity contribution in [2.45, 2.75) is 33.1 Å². The normalized spacial score (nSPS) is 11.4. The van der Waals surface area contributed by atoms with Crippen LogP contribution in [0.1, 0.15) is 33.1 Å². The van der Waals surface area contributed by atoms with Crippen molar-refractivity contribution >= 4 is 17.6 Å². The van der Waals surface area contributed by atoms with E-state index in [1.54, 1.807) is 13.8 Å². The van der Waals surface area contributed by atoms with E-state index in [9.17, 15) is 9.18 Å². The van der Waals surface area contributed by atoms with Gasteiger partial charge in [0.1, 0.15) is 11.6 Å². The predicted molar refractivity (Wildman–Crippen MR) is 72.2 cm³/mol. The lowest BCUT2D eigenvalue weighted by atomic mass is 9.87. The Kier molecular flexibility index (Phi) is 5.60. The quantitative estimate of drug-likeness (QED) is 0.767. The number of rotatable bonds is 7. The summed E-state index contributed by atoms with van der Waals surface area (Å²) in [5.41, 5.74) is -0.715. The molecule has 0 radical (unpaired) electrons. The van der Waals surface area contributed by atoms with Crippen LogP contribution in [0.2, 0.25) is 5.02 Å². The molecule has 0 saturated carbocycles. The minimum absolute atomic E-state index is 0.242. The number of unbranched alkanes of at least 4 members (excludes halogenated alkanes) is 1. The molecule has 1 rings (SSSR count). The summed E-state index contributed by atoms with van der Waals surface area (Å²) in [4.78, 5) is 10.9. The van der Waals surface area contributed by atoms with Gasteiger partial charge in [0, 0.05) is 0 Å². The zero-order chi connectivity index (χ0) is 14.5. The summed E-state index contributed by atoms with van der Waals surface area (Å²) in [5.74, 6) is -0.754. The lowest BCUT2D eigenvalue weighted by molar-refractivity contribution is -0.147. The van der Waals surface area contributed by atoms with E-state index in [0.717, 1.165) is 12.8 Å². The highest BCUT2D eigenvalue weighted by Gasteiger charge is 2.25. The Morgan fingerprint density at radius 3 is 2.68 bits per heavy atom. The van der Waals surface area contributed by atoms with Crippen molar-refractivity contribution in [2.75, 3.05) is 6.61 Å². The van der Waals surface area contributed by atoms with Crippen molar-refractivity contribution in [3.05, 3.63) is 29.0 Å². The Bertz CT molecular complexity index is 446. The molecule has 3 nitrogen and oxygen atoms in total. The van der Waals surface area contributed by atoms with E-state index in [1.807, 2.05) is 0 Å². The average Bonchev–Trinajstić information content (AvgIpc) is 2.31. The fourth-order valence-electron chi connectivity index (χ4n) is 1.55. The van der Waals surface area contributed by atoms with Crippen molar-refractivity contribution in [1.29, 1.82) is 0 Å². The monoisotopic (exact) mass is 288 g/mol. The van der Waals surface area contributed by atoms with Crippen LogP contribution in [0.3, 0.4) is 0 Å². The van der Waals surface area contributed by atoms with E-state index in [1.165, 1.54) is 18.2 Å². The largest absolute Gasteiger partial charge is 0.492 e. The van der Waals surface area contributed by atoms with E-state index >= 15 is 0 Å². The van der Waals surface area contributed by atoms with Gasteiger partial charge < -0.3 is 9.84 Å². The zero-order valence-electron chi connectivity index (χ0n) is 11.1. The van der Waals surface area contributed by atoms with E-state index in [-0.39, 0.29) is 5.02 Å². The van der Waals surface area contributed by atoms with Crippen molar-refractivity contribution in [2.24, 2.45) is 5.41 Å².